The van der Waals surface area contributed by atoms with Crippen molar-refractivity contribution in [2.45, 2.75) is 38.7 Å². The molecule has 2 nitrogen and oxygen atoms in total. The Hall–Kier alpha value is -0.370. The first kappa shape index (κ1) is 9.72. The summed E-state index contributed by atoms with van der Waals surface area (Å²) in [6.45, 7) is 6.46. The van der Waals surface area contributed by atoms with Crippen LogP contribution in [0.1, 0.15) is 32.6 Å². The van der Waals surface area contributed by atoms with Gasteiger partial charge in [0.25, 0.3) is 0 Å². The predicted molar refractivity (Wildman–Crippen MR) is 47.7 cm³/mol. The van der Waals surface area contributed by atoms with E-state index in [0.717, 1.165) is 19.3 Å². The zero-order valence-electron chi connectivity index (χ0n) is 7.71. The summed E-state index contributed by atoms with van der Waals surface area (Å²) in [6, 6.07) is 0. The maximum atomic E-state index is 11.4. The molecule has 0 aromatic rings. The van der Waals surface area contributed by atoms with Crippen LogP contribution in [0.2, 0.25) is 0 Å². The Morgan fingerprint density at radius 3 is 3.00 bits per heavy atom. The second kappa shape index (κ2) is 4.61. The van der Waals surface area contributed by atoms with Crippen molar-refractivity contribution in [3.63, 3.8) is 0 Å². The highest BCUT2D eigenvalue weighted by Crippen LogP contribution is 2.24. The lowest BCUT2D eigenvalue weighted by atomic mass is 9.88. The van der Waals surface area contributed by atoms with Gasteiger partial charge in [0.2, 0.25) is 0 Å². The molecule has 1 heterocycles. The standard InChI is InChI=1S/C10H17O2/c1-3-5-8-9(11)6-7-12-10(8)4-2/h8,10H,1,3-7H2,2H3. The topological polar surface area (TPSA) is 26.3 Å². The molecular weight excluding hydrogens is 152 g/mol. The van der Waals surface area contributed by atoms with Gasteiger partial charge in [0, 0.05) is 12.3 Å². The van der Waals surface area contributed by atoms with E-state index < -0.39 is 0 Å². The van der Waals surface area contributed by atoms with Gasteiger partial charge in [-0.25, -0.2) is 0 Å². The van der Waals surface area contributed by atoms with Crippen LogP contribution in [0, 0.1) is 12.8 Å². The van der Waals surface area contributed by atoms with Crippen molar-refractivity contribution in [1.29, 1.82) is 0 Å². The van der Waals surface area contributed by atoms with Gasteiger partial charge < -0.3 is 4.74 Å². The smallest absolute Gasteiger partial charge is 0.140 e. The Balaban J connectivity index is 2.53. The summed E-state index contributed by atoms with van der Waals surface area (Å²) in [5.74, 6) is 0.498. The van der Waals surface area contributed by atoms with E-state index in [4.69, 9.17) is 4.74 Å². The summed E-state index contributed by atoms with van der Waals surface area (Å²) in [7, 11) is 0. The summed E-state index contributed by atoms with van der Waals surface area (Å²) in [6.07, 6.45) is 3.42. The fourth-order valence-corrected chi connectivity index (χ4v) is 1.79. The van der Waals surface area contributed by atoms with Gasteiger partial charge in [-0.05, 0) is 12.8 Å². The second-order valence-corrected chi connectivity index (χ2v) is 3.28. The van der Waals surface area contributed by atoms with Crippen LogP contribution in [0.15, 0.2) is 0 Å². The molecule has 0 bridgehead atoms. The number of rotatable bonds is 3. The summed E-state index contributed by atoms with van der Waals surface area (Å²) < 4.78 is 5.51. The molecule has 2 atom stereocenters. The summed E-state index contributed by atoms with van der Waals surface area (Å²) in [5, 5.41) is 0. The summed E-state index contributed by atoms with van der Waals surface area (Å²) in [4.78, 5) is 11.4. The molecule has 0 N–H and O–H groups in total. The molecule has 1 aliphatic rings. The summed E-state index contributed by atoms with van der Waals surface area (Å²) in [5.41, 5.74) is 0. The van der Waals surface area contributed by atoms with Crippen molar-refractivity contribution in [3.05, 3.63) is 6.92 Å². The summed E-state index contributed by atoms with van der Waals surface area (Å²) >= 11 is 0. The minimum atomic E-state index is 0.126. The van der Waals surface area contributed by atoms with Crippen LogP contribution < -0.4 is 0 Å². The number of carbonyl (C=O) groups is 1. The van der Waals surface area contributed by atoms with Crippen LogP contribution >= 0.6 is 0 Å². The molecule has 0 spiro atoms. The van der Waals surface area contributed by atoms with Gasteiger partial charge in [0.1, 0.15) is 5.78 Å². The number of carbonyl (C=O) groups excluding carboxylic acids is 1. The van der Waals surface area contributed by atoms with E-state index in [1.165, 1.54) is 0 Å². The van der Waals surface area contributed by atoms with Gasteiger partial charge in [-0.1, -0.05) is 20.3 Å². The third-order valence-electron chi connectivity index (χ3n) is 2.46. The van der Waals surface area contributed by atoms with Crippen molar-refractivity contribution in [1.82, 2.24) is 0 Å². The molecule has 12 heavy (non-hydrogen) atoms. The highest BCUT2D eigenvalue weighted by atomic mass is 16.5. The Bertz CT molecular complexity index is 154. The lowest BCUT2D eigenvalue weighted by molar-refractivity contribution is -0.137. The molecule has 1 fully saturated rings. The van der Waals surface area contributed by atoms with Gasteiger partial charge in [-0.2, -0.15) is 0 Å². The van der Waals surface area contributed by atoms with Crippen molar-refractivity contribution >= 4 is 5.78 Å². The first-order valence-electron chi connectivity index (χ1n) is 4.73. The maximum absolute atomic E-state index is 11.4. The van der Waals surface area contributed by atoms with Crippen LogP contribution in [0.25, 0.3) is 0 Å². The van der Waals surface area contributed by atoms with Crippen LogP contribution in [-0.2, 0) is 9.53 Å². The van der Waals surface area contributed by atoms with E-state index in [1.54, 1.807) is 0 Å². The second-order valence-electron chi connectivity index (χ2n) is 3.28. The molecule has 0 amide bonds. The lowest BCUT2D eigenvalue weighted by Gasteiger charge is -2.29. The van der Waals surface area contributed by atoms with E-state index in [0.29, 0.717) is 18.8 Å². The fourth-order valence-electron chi connectivity index (χ4n) is 1.79. The Labute approximate surface area is 74.3 Å². The molecular formula is C10H17O2. The third kappa shape index (κ3) is 2.07. The minimum absolute atomic E-state index is 0.126. The zero-order valence-corrected chi connectivity index (χ0v) is 7.71. The van der Waals surface area contributed by atoms with Crippen LogP contribution in [0.5, 0.6) is 0 Å². The van der Waals surface area contributed by atoms with E-state index in [1.807, 2.05) is 0 Å². The molecule has 0 aliphatic carbocycles. The van der Waals surface area contributed by atoms with E-state index in [9.17, 15) is 4.79 Å². The van der Waals surface area contributed by atoms with E-state index >= 15 is 0 Å². The number of ether oxygens (including phenoxy) is 1. The highest BCUT2D eigenvalue weighted by Gasteiger charge is 2.30. The minimum Gasteiger partial charge on any atom is -0.377 e. The monoisotopic (exact) mass is 169 g/mol. The highest BCUT2D eigenvalue weighted by molar-refractivity contribution is 5.82. The quantitative estimate of drug-likeness (QED) is 0.645. The third-order valence-corrected chi connectivity index (χ3v) is 2.46. The number of hydrogen-bond acceptors (Lipinski definition) is 2. The Morgan fingerprint density at radius 1 is 1.67 bits per heavy atom. The molecule has 1 rings (SSSR count). The van der Waals surface area contributed by atoms with Gasteiger partial charge in [0.15, 0.2) is 0 Å². The van der Waals surface area contributed by atoms with Crippen molar-refractivity contribution in [3.8, 4) is 0 Å². The first-order chi connectivity index (χ1) is 5.79. The average Bonchev–Trinajstić information content (AvgIpc) is 2.09. The van der Waals surface area contributed by atoms with Gasteiger partial charge in [-0.15, -0.1) is 0 Å². The number of Topliss-reactive ketones (excluding diaryl/α,β-unsaturated/α-hetero) is 1. The molecule has 1 radical (unpaired) electrons. The normalized spacial score (nSPS) is 30.7. The molecule has 1 aliphatic heterocycles. The van der Waals surface area contributed by atoms with Crippen LogP contribution in [0.4, 0.5) is 0 Å². The predicted octanol–water partition coefficient (Wildman–Crippen LogP) is 1.98. The molecule has 0 saturated carbocycles. The number of hydrogen-bond donors (Lipinski definition) is 0. The maximum Gasteiger partial charge on any atom is 0.140 e. The van der Waals surface area contributed by atoms with Gasteiger partial charge >= 0.3 is 0 Å². The van der Waals surface area contributed by atoms with Crippen LogP contribution in [-0.4, -0.2) is 18.5 Å². The van der Waals surface area contributed by atoms with Gasteiger partial charge in [-0.3, -0.25) is 4.79 Å². The van der Waals surface area contributed by atoms with E-state index in [2.05, 4.69) is 13.8 Å². The van der Waals surface area contributed by atoms with E-state index in [-0.39, 0.29) is 12.0 Å². The first-order valence-corrected chi connectivity index (χ1v) is 4.73. The molecule has 69 valence electrons. The molecule has 0 aromatic carbocycles. The fraction of sp³-hybridized carbons (Fsp3) is 0.800. The lowest BCUT2D eigenvalue weighted by Crippen LogP contribution is -2.36. The van der Waals surface area contributed by atoms with Gasteiger partial charge in [0.05, 0.1) is 12.7 Å². The van der Waals surface area contributed by atoms with Crippen LogP contribution in [0.3, 0.4) is 0 Å². The average molecular weight is 169 g/mol. The SMILES string of the molecule is [CH2]CCC1C(=O)CCOC1CC. The molecule has 2 unspecified atom stereocenters. The molecule has 2 heteroatoms. The molecule has 1 saturated heterocycles. The molecule has 0 aromatic heterocycles. The Kier molecular flexibility index (Phi) is 3.73. The Morgan fingerprint density at radius 2 is 2.42 bits per heavy atom. The van der Waals surface area contributed by atoms with Crippen molar-refractivity contribution in [2.75, 3.05) is 6.61 Å². The zero-order chi connectivity index (χ0) is 8.97. The van der Waals surface area contributed by atoms with Crippen molar-refractivity contribution < 1.29 is 9.53 Å². The van der Waals surface area contributed by atoms with Crippen molar-refractivity contribution in [2.24, 2.45) is 5.92 Å². The number of ketones is 1. The largest absolute Gasteiger partial charge is 0.377 e.